The van der Waals surface area contributed by atoms with Crippen molar-refractivity contribution in [3.63, 3.8) is 0 Å². The molecule has 1 aromatic rings. The second-order valence-electron chi connectivity index (χ2n) is 3.57. The Morgan fingerprint density at radius 1 is 1.33 bits per heavy atom. The molecule has 0 amide bonds. The Bertz CT molecular complexity index is 332. The van der Waals surface area contributed by atoms with Crippen molar-refractivity contribution in [3.8, 4) is 5.75 Å². The molecule has 0 unspecified atom stereocenters. The number of hydrogen-bond acceptors (Lipinski definition) is 2. The van der Waals surface area contributed by atoms with Crippen LogP contribution in [0, 0.1) is 5.92 Å². The molecule has 0 saturated carbocycles. The molecule has 0 radical (unpaired) electrons. The molecular weight excluding hydrogens is 216 g/mol. The summed E-state index contributed by atoms with van der Waals surface area (Å²) in [4.78, 5) is 10.9. The third-order valence-electron chi connectivity index (χ3n) is 1.93. The number of hydrogen-bond donors (Lipinski definition) is 1. The Hall–Kier alpha value is -1.22. The topological polar surface area (TPSA) is 46.5 Å². The van der Waals surface area contributed by atoms with E-state index >= 15 is 0 Å². The average Bonchev–Trinajstić information content (AvgIpc) is 2.15. The van der Waals surface area contributed by atoms with Gasteiger partial charge in [-0.05, 0) is 24.3 Å². The highest BCUT2D eigenvalue weighted by atomic mass is 35.5. The van der Waals surface area contributed by atoms with Crippen LogP contribution in [-0.2, 0) is 4.79 Å². The summed E-state index contributed by atoms with van der Waals surface area (Å²) in [7, 11) is 0. The quantitative estimate of drug-likeness (QED) is 0.862. The molecule has 0 fully saturated rings. The van der Waals surface area contributed by atoms with Crippen molar-refractivity contribution in [2.24, 2.45) is 5.92 Å². The number of ether oxygens (including phenoxy) is 1. The van der Waals surface area contributed by atoms with Crippen LogP contribution < -0.4 is 4.74 Å². The largest absolute Gasteiger partial charge is 0.478 e. The molecule has 0 bridgehead atoms. The molecule has 0 aliphatic heterocycles. The zero-order chi connectivity index (χ0) is 11.4. The molecule has 1 rings (SSSR count). The second kappa shape index (κ2) is 5.03. The first-order valence-corrected chi connectivity index (χ1v) is 5.03. The first-order valence-electron chi connectivity index (χ1n) is 4.65. The van der Waals surface area contributed by atoms with Gasteiger partial charge in [0.2, 0.25) is 0 Å². The van der Waals surface area contributed by atoms with E-state index in [1.165, 1.54) is 0 Å². The van der Waals surface area contributed by atoms with Crippen molar-refractivity contribution in [1.82, 2.24) is 0 Å². The number of carbonyl (C=O) groups is 1. The molecule has 0 aliphatic rings. The van der Waals surface area contributed by atoms with Gasteiger partial charge in [0.05, 0.1) is 0 Å². The van der Waals surface area contributed by atoms with Gasteiger partial charge in [-0.15, -0.1) is 0 Å². The maximum absolute atomic E-state index is 10.9. The highest BCUT2D eigenvalue weighted by Crippen LogP contribution is 2.19. The van der Waals surface area contributed by atoms with Crippen molar-refractivity contribution in [1.29, 1.82) is 0 Å². The van der Waals surface area contributed by atoms with Crippen LogP contribution in [0.5, 0.6) is 5.75 Å². The summed E-state index contributed by atoms with van der Waals surface area (Å²) in [5.74, 6) is -0.529. The SMILES string of the molecule is CC(C)[C@@H](Oc1ccc(Cl)cc1)C(=O)O. The van der Waals surface area contributed by atoms with Gasteiger partial charge >= 0.3 is 5.97 Å². The summed E-state index contributed by atoms with van der Waals surface area (Å²) >= 11 is 5.70. The molecule has 82 valence electrons. The van der Waals surface area contributed by atoms with Gasteiger partial charge in [0.25, 0.3) is 0 Å². The van der Waals surface area contributed by atoms with Gasteiger partial charge in [-0.3, -0.25) is 0 Å². The third kappa shape index (κ3) is 3.44. The minimum Gasteiger partial charge on any atom is -0.478 e. The van der Waals surface area contributed by atoms with E-state index in [1.807, 2.05) is 0 Å². The molecular formula is C11H13ClO3. The van der Waals surface area contributed by atoms with Gasteiger partial charge in [0, 0.05) is 10.9 Å². The van der Waals surface area contributed by atoms with Crippen LogP contribution in [0.3, 0.4) is 0 Å². The number of rotatable bonds is 4. The average molecular weight is 229 g/mol. The van der Waals surface area contributed by atoms with E-state index in [2.05, 4.69) is 0 Å². The molecule has 0 aliphatic carbocycles. The number of aliphatic carboxylic acids is 1. The molecule has 1 N–H and O–H groups in total. The highest BCUT2D eigenvalue weighted by molar-refractivity contribution is 6.30. The minimum absolute atomic E-state index is 0.0850. The minimum atomic E-state index is -0.958. The number of carboxylic acid groups (broad SMARTS) is 1. The summed E-state index contributed by atoms with van der Waals surface area (Å²) in [6.07, 6.45) is -0.828. The van der Waals surface area contributed by atoms with Crippen LogP contribution in [0.4, 0.5) is 0 Å². The van der Waals surface area contributed by atoms with Crippen molar-refractivity contribution in [2.45, 2.75) is 20.0 Å². The van der Waals surface area contributed by atoms with Gasteiger partial charge in [0.15, 0.2) is 6.10 Å². The fourth-order valence-corrected chi connectivity index (χ4v) is 1.26. The third-order valence-corrected chi connectivity index (χ3v) is 2.18. The Morgan fingerprint density at radius 3 is 2.27 bits per heavy atom. The summed E-state index contributed by atoms with van der Waals surface area (Å²) in [6, 6.07) is 6.63. The van der Waals surface area contributed by atoms with Crippen molar-refractivity contribution < 1.29 is 14.6 Å². The normalized spacial score (nSPS) is 12.5. The Morgan fingerprint density at radius 2 is 1.87 bits per heavy atom. The van der Waals surface area contributed by atoms with Gasteiger partial charge in [-0.1, -0.05) is 25.4 Å². The fourth-order valence-electron chi connectivity index (χ4n) is 1.13. The summed E-state index contributed by atoms with van der Waals surface area (Å²) < 4.78 is 5.33. The van der Waals surface area contributed by atoms with Crippen molar-refractivity contribution in [3.05, 3.63) is 29.3 Å². The van der Waals surface area contributed by atoms with Crippen molar-refractivity contribution in [2.75, 3.05) is 0 Å². The van der Waals surface area contributed by atoms with E-state index in [4.69, 9.17) is 21.4 Å². The van der Waals surface area contributed by atoms with E-state index in [0.29, 0.717) is 10.8 Å². The van der Waals surface area contributed by atoms with E-state index in [-0.39, 0.29) is 5.92 Å². The molecule has 1 atom stereocenters. The van der Waals surface area contributed by atoms with Crippen LogP contribution >= 0.6 is 11.6 Å². The highest BCUT2D eigenvalue weighted by Gasteiger charge is 2.23. The van der Waals surface area contributed by atoms with Crippen LogP contribution in [0.15, 0.2) is 24.3 Å². The molecule has 1 aromatic carbocycles. The molecule has 4 heteroatoms. The first-order chi connectivity index (χ1) is 7.00. The maximum atomic E-state index is 10.9. The molecule has 3 nitrogen and oxygen atoms in total. The first kappa shape index (κ1) is 11.9. The maximum Gasteiger partial charge on any atom is 0.345 e. The van der Waals surface area contributed by atoms with Crippen LogP contribution in [0.2, 0.25) is 5.02 Å². The number of carboxylic acids is 1. The predicted molar refractivity (Wildman–Crippen MR) is 58.3 cm³/mol. The smallest absolute Gasteiger partial charge is 0.345 e. The zero-order valence-electron chi connectivity index (χ0n) is 8.61. The van der Waals surface area contributed by atoms with Crippen molar-refractivity contribution >= 4 is 17.6 Å². The van der Waals surface area contributed by atoms with E-state index < -0.39 is 12.1 Å². The Labute approximate surface area is 93.6 Å². The standard InChI is InChI=1S/C11H13ClO3/c1-7(2)10(11(13)14)15-9-5-3-8(12)4-6-9/h3-7,10H,1-2H3,(H,13,14)/t10-/m1/s1. The van der Waals surface area contributed by atoms with E-state index in [1.54, 1.807) is 38.1 Å². The lowest BCUT2D eigenvalue weighted by atomic mass is 10.1. The van der Waals surface area contributed by atoms with E-state index in [0.717, 1.165) is 0 Å². The fraction of sp³-hybridized carbons (Fsp3) is 0.364. The molecule has 0 aromatic heterocycles. The number of benzene rings is 1. The lowest BCUT2D eigenvalue weighted by Crippen LogP contribution is -2.32. The molecule has 0 spiro atoms. The van der Waals surface area contributed by atoms with Crippen LogP contribution in [0.25, 0.3) is 0 Å². The van der Waals surface area contributed by atoms with Gasteiger partial charge < -0.3 is 9.84 Å². The number of halogens is 1. The second-order valence-corrected chi connectivity index (χ2v) is 4.01. The van der Waals surface area contributed by atoms with Gasteiger partial charge in [-0.2, -0.15) is 0 Å². The van der Waals surface area contributed by atoms with Crippen LogP contribution in [-0.4, -0.2) is 17.2 Å². The van der Waals surface area contributed by atoms with Gasteiger partial charge in [0.1, 0.15) is 5.75 Å². The van der Waals surface area contributed by atoms with Gasteiger partial charge in [-0.25, -0.2) is 4.79 Å². The zero-order valence-corrected chi connectivity index (χ0v) is 9.36. The Balaban J connectivity index is 2.74. The Kier molecular flexibility index (Phi) is 3.97. The molecule has 0 heterocycles. The lowest BCUT2D eigenvalue weighted by Gasteiger charge is -2.18. The predicted octanol–water partition coefficient (Wildman–Crippen LogP) is 2.83. The molecule has 0 saturated heterocycles. The van der Waals surface area contributed by atoms with E-state index in [9.17, 15) is 4.79 Å². The monoisotopic (exact) mass is 228 g/mol. The lowest BCUT2D eigenvalue weighted by molar-refractivity contribution is -0.147. The van der Waals surface area contributed by atoms with Crippen LogP contribution in [0.1, 0.15) is 13.8 Å². The summed E-state index contributed by atoms with van der Waals surface area (Å²) in [5, 5.41) is 9.50. The summed E-state index contributed by atoms with van der Waals surface area (Å²) in [5.41, 5.74) is 0. The summed E-state index contributed by atoms with van der Waals surface area (Å²) in [6.45, 7) is 3.60. The molecule has 15 heavy (non-hydrogen) atoms.